The second-order valence-corrected chi connectivity index (χ2v) is 7.06. The molecule has 4 fully saturated rings. The first-order valence-electron chi connectivity index (χ1n) is 8.39. The lowest BCUT2D eigenvalue weighted by Crippen LogP contribution is -2.45. The Balaban J connectivity index is 1.48. The number of piperidine rings is 1. The van der Waals surface area contributed by atoms with Crippen LogP contribution in [0.3, 0.4) is 0 Å². The number of carbonyl (C=O) groups is 2. The molecule has 1 saturated carbocycles. The van der Waals surface area contributed by atoms with Crippen molar-refractivity contribution in [2.75, 3.05) is 25.5 Å². The van der Waals surface area contributed by atoms with Crippen molar-refractivity contribution in [3.05, 3.63) is 11.8 Å². The lowest BCUT2D eigenvalue weighted by molar-refractivity contribution is -0.138. The van der Waals surface area contributed by atoms with Gasteiger partial charge in [0.05, 0.1) is 11.6 Å². The summed E-state index contributed by atoms with van der Waals surface area (Å²) in [5, 5.41) is 7.44. The first-order chi connectivity index (χ1) is 11.0. The average Bonchev–Trinajstić information content (AvgIpc) is 3.33. The summed E-state index contributed by atoms with van der Waals surface area (Å²) in [7, 11) is 3.70. The number of carbonyl (C=O) groups excluding carboxylic acids is 2. The van der Waals surface area contributed by atoms with E-state index in [-0.39, 0.29) is 23.9 Å². The molecule has 4 heterocycles. The van der Waals surface area contributed by atoms with Gasteiger partial charge in [-0.3, -0.25) is 14.8 Å². The zero-order valence-corrected chi connectivity index (χ0v) is 13.7. The molecule has 5 rings (SSSR count). The van der Waals surface area contributed by atoms with Crippen LogP contribution in [0.5, 0.6) is 0 Å². The number of hydrogen-bond donors (Lipinski definition) is 1. The lowest BCUT2D eigenvalue weighted by atomic mass is 9.95. The molecule has 1 N–H and O–H groups in total. The zero-order valence-electron chi connectivity index (χ0n) is 13.7. The molecule has 7 heteroatoms. The molecule has 124 valence electrons. The van der Waals surface area contributed by atoms with E-state index < -0.39 is 0 Å². The van der Waals surface area contributed by atoms with Crippen LogP contribution < -0.4 is 5.32 Å². The van der Waals surface area contributed by atoms with E-state index in [4.69, 9.17) is 0 Å². The average molecular weight is 317 g/mol. The molecule has 3 aliphatic heterocycles. The predicted octanol–water partition coefficient (Wildman–Crippen LogP) is 1.38. The number of urea groups is 1. The molecule has 0 radical (unpaired) electrons. The van der Waals surface area contributed by atoms with Gasteiger partial charge in [0.2, 0.25) is 5.91 Å². The van der Waals surface area contributed by atoms with Crippen LogP contribution in [0.2, 0.25) is 0 Å². The Labute approximate surface area is 135 Å². The number of rotatable bonds is 2. The lowest BCUT2D eigenvalue weighted by Gasteiger charge is -2.32. The fourth-order valence-electron chi connectivity index (χ4n) is 3.70. The van der Waals surface area contributed by atoms with E-state index in [9.17, 15) is 9.59 Å². The maximum Gasteiger partial charge on any atom is 0.323 e. The van der Waals surface area contributed by atoms with Gasteiger partial charge in [-0.15, -0.1) is 0 Å². The van der Waals surface area contributed by atoms with Crippen molar-refractivity contribution in [3.63, 3.8) is 0 Å². The molecule has 2 bridgehead atoms. The van der Waals surface area contributed by atoms with Crippen molar-refractivity contribution in [3.8, 4) is 0 Å². The number of nitrogens with one attached hydrogen (secondary N) is 1. The summed E-state index contributed by atoms with van der Waals surface area (Å²) in [5.41, 5.74) is 1.06. The fraction of sp³-hybridized carbons (Fsp3) is 0.688. The maximum atomic E-state index is 12.6. The van der Waals surface area contributed by atoms with E-state index in [1.807, 2.05) is 25.1 Å². The Bertz CT molecular complexity index is 651. The smallest absolute Gasteiger partial charge is 0.323 e. The van der Waals surface area contributed by atoms with Gasteiger partial charge < -0.3 is 9.80 Å². The molecule has 7 nitrogen and oxygen atoms in total. The highest BCUT2D eigenvalue weighted by Crippen LogP contribution is 2.40. The van der Waals surface area contributed by atoms with Gasteiger partial charge in [-0.05, 0) is 25.7 Å². The van der Waals surface area contributed by atoms with E-state index in [1.165, 1.54) is 12.8 Å². The van der Waals surface area contributed by atoms with Crippen molar-refractivity contribution in [2.45, 2.75) is 37.6 Å². The Morgan fingerprint density at radius 2 is 1.91 bits per heavy atom. The van der Waals surface area contributed by atoms with Crippen LogP contribution >= 0.6 is 0 Å². The first-order valence-corrected chi connectivity index (χ1v) is 8.39. The van der Waals surface area contributed by atoms with Gasteiger partial charge in [0.25, 0.3) is 0 Å². The molecular weight excluding hydrogens is 294 g/mol. The first kappa shape index (κ1) is 14.5. The maximum absolute atomic E-state index is 12.6. The molecule has 4 aliphatic rings. The van der Waals surface area contributed by atoms with Crippen molar-refractivity contribution < 1.29 is 9.59 Å². The van der Waals surface area contributed by atoms with Crippen LogP contribution in [-0.4, -0.2) is 57.7 Å². The number of likely N-dealkylation sites (N-methyl/N-ethyl adjacent to an activating group) is 1. The number of nitrogens with zero attached hydrogens (tertiary/aromatic N) is 4. The third kappa shape index (κ3) is 2.58. The van der Waals surface area contributed by atoms with Crippen LogP contribution in [0.1, 0.15) is 37.3 Å². The summed E-state index contributed by atoms with van der Waals surface area (Å²) in [4.78, 5) is 28.5. The minimum absolute atomic E-state index is 0.0573. The highest BCUT2D eigenvalue weighted by molar-refractivity contribution is 5.90. The number of anilines is 1. The molecule has 3 amide bonds. The van der Waals surface area contributed by atoms with Crippen molar-refractivity contribution in [2.24, 2.45) is 13.0 Å². The van der Waals surface area contributed by atoms with Gasteiger partial charge >= 0.3 is 6.03 Å². The Kier molecular flexibility index (Phi) is 3.32. The number of fused-ring (bicyclic) bond motifs is 4. The fourth-order valence-corrected chi connectivity index (χ4v) is 3.70. The standard InChI is InChI=1S/C16H23N5O2/c1-19-12-6-5-11(15(19)22)8-21(9-12)16(23)17-14-7-13(10-3-4-10)18-20(14)2/h7,10-12H,3-6,8-9H2,1-2H3,(H,17,23)/t11-,12+/m1/s1. The normalized spacial score (nSPS) is 27.3. The van der Waals surface area contributed by atoms with Gasteiger partial charge in [0.1, 0.15) is 5.82 Å². The van der Waals surface area contributed by atoms with Crippen molar-refractivity contribution in [1.82, 2.24) is 19.6 Å². The molecule has 3 saturated heterocycles. The monoisotopic (exact) mass is 317 g/mol. The molecule has 0 spiro atoms. The quantitative estimate of drug-likeness (QED) is 0.896. The molecular formula is C16H23N5O2. The number of amides is 3. The molecule has 23 heavy (non-hydrogen) atoms. The van der Waals surface area contributed by atoms with Gasteiger partial charge in [-0.25, -0.2) is 4.79 Å². The van der Waals surface area contributed by atoms with Gasteiger partial charge in [0.15, 0.2) is 0 Å². The predicted molar refractivity (Wildman–Crippen MR) is 85.1 cm³/mol. The van der Waals surface area contributed by atoms with E-state index in [1.54, 1.807) is 9.58 Å². The Hall–Kier alpha value is -2.05. The number of aromatic nitrogens is 2. The summed E-state index contributed by atoms with van der Waals surface area (Å²) in [5.74, 6) is 1.41. The summed E-state index contributed by atoms with van der Waals surface area (Å²) >= 11 is 0. The topological polar surface area (TPSA) is 70.5 Å². The third-order valence-electron chi connectivity index (χ3n) is 5.38. The van der Waals surface area contributed by atoms with Crippen molar-refractivity contribution >= 4 is 17.8 Å². The van der Waals surface area contributed by atoms with E-state index in [2.05, 4.69) is 10.4 Å². The molecule has 2 atom stereocenters. The van der Waals surface area contributed by atoms with Gasteiger partial charge in [-0.1, -0.05) is 0 Å². The second-order valence-electron chi connectivity index (χ2n) is 7.06. The molecule has 1 aliphatic carbocycles. The summed E-state index contributed by atoms with van der Waals surface area (Å²) in [6.07, 6.45) is 4.24. The minimum atomic E-state index is -0.129. The number of hydrogen-bond acceptors (Lipinski definition) is 3. The summed E-state index contributed by atoms with van der Waals surface area (Å²) < 4.78 is 1.73. The van der Waals surface area contributed by atoms with Gasteiger partial charge in [-0.2, -0.15) is 5.10 Å². The van der Waals surface area contributed by atoms with Crippen LogP contribution in [0.25, 0.3) is 0 Å². The van der Waals surface area contributed by atoms with E-state index in [0.717, 1.165) is 24.4 Å². The summed E-state index contributed by atoms with van der Waals surface area (Å²) in [6.45, 7) is 1.12. The molecule has 0 aromatic carbocycles. The largest absolute Gasteiger partial charge is 0.341 e. The second kappa shape index (κ2) is 5.25. The molecule has 0 unspecified atom stereocenters. The third-order valence-corrected chi connectivity index (χ3v) is 5.38. The Morgan fingerprint density at radius 1 is 1.17 bits per heavy atom. The Morgan fingerprint density at radius 3 is 2.65 bits per heavy atom. The molecule has 1 aromatic heterocycles. The zero-order chi connectivity index (χ0) is 16.1. The highest BCUT2D eigenvalue weighted by Gasteiger charge is 2.40. The van der Waals surface area contributed by atoms with E-state index in [0.29, 0.717) is 19.0 Å². The van der Waals surface area contributed by atoms with E-state index >= 15 is 0 Å². The van der Waals surface area contributed by atoms with Crippen LogP contribution in [0, 0.1) is 5.92 Å². The van der Waals surface area contributed by atoms with Crippen LogP contribution in [-0.2, 0) is 11.8 Å². The van der Waals surface area contributed by atoms with Crippen molar-refractivity contribution in [1.29, 1.82) is 0 Å². The molecule has 1 aromatic rings. The SMILES string of the molecule is CN1C(=O)[C@@H]2CC[C@H]1CN(C(=O)Nc1cc(C3CC3)nn1C)C2. The minimum Gasteiger partial charge on any atom is -0.341 e. The van der Waals surface area contributed by atoms with Crippen LogP contribution in [0.15, 0.2) is 6.07 Å². The van der Waals surface area contributed by atoms with Crippen LogP contribution in [0.4, 0.5) is 10.6 Å². The van der Waals surface area contributed by atoms with Gasteiger partial charge in [0, 0.05) is 45.2 Å². The summed E-state index contributed by atoms with van der Waals surface area (Å²) in [6, 6.07) is 1.98. The highest BCUT2D eigenvalue weighted by atomic mass is 16.2. The number of aryl methyl sites for hydroxylation is 1.